The van der Waals surface area contributed by atoms with E-state index in [0.717, 1.165) is 55.0 Å². The van der Waals surface area contributed by atoms with Crippen LogP contribution in [0.1, 0.15) is 5.56 Å². The summed E-state index contributed by atoms with van der Waals surface area (Å²) in [5.41, 5.74) is 6.25. The van der Waals surface area contributed by atoms with E-state index in [9.17, 15) is 4.39 Å². The lowest BCUT2D eigenvalue weighted by Gasteiger charge is -2.08. The summed E-state index contributed by atoms with van der Waals surface area (Å²) < 4.78 is 19.6. The van der Waals surface area contributed by atoms with E-state index >= 15 is 0 Å². The van der Waals surface area contributed by atoms with Gasteiger partial charge in [-0.3, -0.25) is 20.1 Å². The quantitative estimate of drug-likeness (QED) is 0.263. The topological polar surface area (TPSA) is 105 Å². The SMILES string of the molecule is Fc1ccc(-c2cncc3[nH]c(-c4n[nH]c5cnc(-c6cncc(OCc7ccccc7)c6)cc45)nc23)s1. The fourth-order valence-corrected chi connectivity index (χ4v) is 5.06. The number of benzene rings is 1. The Labute approximate surface area is 219 Å². The van der Waals surface area contributed by atoms with Crippen LogP contribution < -0.4 is 4.74 Å². The zero-order valence-corrected chi connectivity index (χ0v) is 20.5. The second-order valence-electron chi connectivity index (χ2n) is 8.64. The first-order valence-electron chi connectivity index (χ1n) is 11.8. The molecular weight excluding hydrogens is 501 g/mol. The van der Waals surface area contributed by atoms with Crippen LogP contribution in [0.5, 0.6) is 5.75 Å². The average molecular weight is 520 g/mol. The number of H-pyrrole nitrogens is 2. The summed E-state index contributed by atoms with van der Waals surface area (Å²) in [6.45, 7) is 0.450. The molecule has 6 aromatic heterocycles. The van der Waals surface area contributed by atoms with Gasteiger partial charge in [-0.05, 0) is 29.8 Å². The molecule has 0 aliphatic carbocycles. The van der Waals surface area contributed by atoms with Crippen molar-refractivity contribution in [3.05, 3.63) is 96.3 Å². The lowest BCUT2D eigenvalue weighted by Crippen LogP contribution is -1.96. The number of hydrogen-bond acceptors (Lipinski definition) is 7. The van der Waals surface area contributed by atoms with Crippen LogP contribution in [0, 0.1) is 5.13 Å². The normalized spacial score (nSPS) is 11.4. The Kier molecular flexibility index (Phi) is 5.37. The summed E-state index contributed by atoms with van der Waals surface area (Å²) in [7, 11) is 0. The molecule has 0 radical (unpaired) electrons. The van der Waals surface area contributed by atoms with Crippen molar-refractivity contribution in [2.45, 2.75) is 6.61 Å². The van der Waals surface area contributed by atoms with Crippen LogP contribution in [-0.2, 0) is 6.61 Å². The number of thiophene rings is 1. The third kappa shape index (κ3) is 4.06. The molecule has 10 heteroatoms. The Morgan fingerprint density at radius 2 is 1.79 bits per heavy atom. The third-order valence-electron chi connectivity index (χ3n) is 6.16. The molecule has 0 saturated carbocycles. The number of hydrogen-bond donors (Lipinski definition) is 2. The van der Waals surface area contributed by atoms with Crippen LogP contribution in [-0.4, -0.2) is 35.1 Å². The van der Waals surface area contributed by atoms with Crippen LogP contribution in [0.3, 0.4) is 0 Å². The van der Waals surface area contributed by atoms with Gasteiger partial charge in [-0.2, -0.15) is 9.49 Å². The van der Waals surface area contributed by atoms with Crippen molar-refractivity contribution in [2.75, 3.05) is 0 Å². The number of pyridine rings is 3. The number of fused-ring (bicyclic) bond motifs is 2. The Balaban J connectivity index is 1.24. The number of nitrogens with zero attached hydrogens (tertiary/aromatic N) is 5. The maximum Gasteiger partial charge on any atom is 0.176 e. The highest BCUT2D eigenvalue weighted by Gasteiger charge is 2.17. The first-order valence-corrected chi connectivity index (χ1v) is 12.6. The summed E-state index contributed by atoms with van der Waals surface area (Å²) in [5.74, 6) is 1.23. The molecular formula is C28H18FN7OS. The Bertz CT molecular complexity index is 1910. The molecule has 0 aliphatic rings. The molecule has 0 atom stereocenters. The number of aromatic nitrogens is 7. The van der Waals surface area contributed by atoms with Crippen molar-refractivity contribution in [3.8, 4) is 39.0 Å². The maximum absolute atomic E-state index is 13.7. The smallest absolute Gasteiger partial charge is 0.176 e. The molecule has 0 unspecified atom stereocenters. The molecule has 7 aromatic rings. The molecule has 0 saturated heterocycles. The minimum absolute atomic E-state index is 0.255. The molecule has 184 valence electrons. The summed E-state index contributed by atoms with van der Waals surface area (Å²) in [6.07, 6.45) is 8.58. The summed E-state index contributed by atoms with van der Waals surface area (Å²) >= 11 is 1.06. The van der Waals surface area contributed by atoms with E-state index in [4.69, 9.17) is 9.72 Å². The standard InChI is InChI=1S/C28H18FN7OS/c29-25-7-6-24(38-25)20-12-31-13-23-26(20)34-28(33-23)27-19-9-21(32-14-22(19)35-36-27)17-8-18(11-30-10-17)37-15-16-4-2-1-3-5-16/h1-14H,15H2,(H,33,34)(H,35,36). The second-order valence-corrected chi connectivity index (χ2v) is 9.68. The predicted molar refractivity (Wildman–Crippen MR) is 144 cm³/mol. The summed E-state index contributed by atoms with van der Waals surface area (Å²) in [4.78, 5) is 22.1. The van der Waals surface area contributed by atoms with Gasteiger partial charge >= 0.3 is 0 Å². The molecule has 0 aliphatic heterocycles. The van der Waals surface area contributed by atoms with Crippen LogP contribution >= 0.6 is 11.3 Å². The van der Waals surface area contributed by atoms with Crippen LogP contribution in [0.25, 0.3) is 55.2 Å². The Hall–Kier alpha value is -4.96. The largest absolute Gasteiger partial charge is 0.487 e. The van der Waals surface area contributed by atoms with Gasteiger partial charge in [-0.15, -0.1) is 11.3 Å². The van der Waals surface area contributed by atoms with Crippen molar-refractivity contribution in [1.29, 1.82) is 0 Å². The molecule has 7 rings (SSSR count). The monoisotopic (exact) mass is 519 g/mol. The number of ether oxygens (including phenoxy) is 1. The number of halogens is 1. The first kappa shape index (κ1) is 22.3. The molecule has 2 N–H and O–H groups in total. The van der Waals surface area contributed by atoms with Gasteiger partial charge in [0.15, 0.2) is 11.0 Å². The molecule has 0 bridgehead atoms. The number of imidazole rings is 1. The fraction of sp³-hybridized carbons (Fsp3) is 0.0357. The van der Waals surface area contributed by atoms with Crippen molar-refractivity contribution in [3.63, 3.8) is 0 Å². The zero-order valence-electron chi connectivity index (χ0n) is 19.7. The van der Waals surface area contributed by atoms with E-state index in [0.29, 0.717) is 29.4 Å². The van der Waals surface area contributed by atoms with Crippen LogP contribution in [0.2, 0.25) is 0 Å². The van der Waals surface area contributed by atoms with E-state index in [-0.39, 0.29) is 5.13 Å². The van der Waals surface area contributed by atoms with Gasteiger partial charge in [0.25, 0.3) is 0 Å². The van der Waals surface area contributed by atoms with E-state index in [1.165, 1.54) is 6.07 Å². The maximum atomic E-state index is 13.7. The van der Waals surface area contributed by atoms with E-state index < -0.39 is 0 Å². The Morgan fingerprint density at radius 1 is 0.895 bits per heavy atom. The molecule has 8 nitrogen and oxygen atoms in total. The lowest BCUT2D eigenvalue weighted by atomic mass is 10.1. The van der Waals surface area contributed by atoms with Crippen molar-refractivity contribution >= 4 is 33.3 Å². The van der Waals surface area contributed by atoms with Crippen molar-refractivity contribution < 1.29 is 9.13 Å². The molecule has 38 heavy (non-hydrogen) atoms. The Morgan fingerprint density at radius 3 is 2.66 bits per heavy atom. The van der Waals surface area contributed by atoms with E-state index in [2.05, 4.69) is 30.1 Å². The van der Waals surface area contributed by atoms with Crippen molar-refractivity contribution in [2.24, 2.45) is 0 Å². The van der Waals surface area contributed by atoms with Gasteiger partial charge in [0.05, 0.1) is 35.3 Å². The predicted octanol–water partition coefficient (Wildman–Crippen LogP) is 6.40. The fourth-order valence-electron chi connectivity index (χ4n) is 4.32. The highest BCUT2D eigenvalue weighted by Crippen LogP contribution is 2.34. The van der Waals surface area contributed by atoms with E-state index in [1.54, 1.807) is 37.1 Å². The van der Waals surface area contributed by atoms with Gasteiger partial charge < -0.3 is 9.72 Å². The molecule has 0 fully saturated rings. The van der Waals surface area contributed by atoms with E-state index in [1.807, 2.05) is 42.5 Å². The van der Waals surface area contributed by atoms with Gasteiger partial charge in [0.2, 0.25) is 0 Å². The van der Waals surface area contributed by atoms with Crippen LogP contribution in [0.4, 0.5) is 4.39 Å². The average Bonchev–Trinajstić information content (AvgIpc) is 3.70. The highest BCUT2D eigenvalue weighted by atomic mass is 32.1. The second kappa shape index (κ2) is 9.16. The number of aromatic amines is 2. The third-order valence-corrected chi connectivity index (χ3v) is 7.07. The van der Waals surface area contributed by atoms with Gasteiger partial charge in [0, 0.05) is 33.8 Å². The molecule has 6 heterocycles. The van der Waals surface area contributed by atoms with Gasteiger partial charge in [-0.1, -0.05) is 30.3 Å². The number of rotatable bonds is 6. The van der Waals surface area contributed by atoms with Gasteiger partial charge in [-0.25, -0.2) is 4.98 Å². The minimum atomic E-state index is -0.255. The molecule has 1 aromatic carbocycles. The summed E-state index contributed by atoms with van der Waals surface area (Å²) in [5, 5.41) is 8.13. The van der Waals surface area contributed by atoms with Crippen LogP contribution in [0.15, 0.2) is 85.6 Å². The van der Waals surface area contributed by atoms with Gasteiger partial charge in [0.1, 0.15) is 23.6 Å². The molecule has 0 amide bonds. The first-order chi connectivity index (χ1) is 18.7. The zero-order chi connectivity index (χ0) is 25.5. The highest BCUT2D eigenvalue weighted by molar-refractivity contribution is 7.14. The lowest BCUT2D eigenvalue weighted by molar-refractivity contribution is 0.305. The minimum Gasteiger partial charge on any atom is -0.487 e. The van der Waals surface area contributed by atoms with Crippen molar-refractivity contribution in [1.82, 2.24) is 35.1 Å². The summed E-state index contributed by atoms with van der Waals surface area (Å²) in [6, 6.07) is 17.0. The number of nitrogens with one attached hydrogen (secondary N) is 2. The molecule has 0 spiro atoms.